The lowest BCUT2D eigenvalue weighted by atomic mass is 9.91. The quantitative estimate of drug-likeness (QED) is 0.0930. The fourth-order valence-corrected chi connectivity index (χ4v) is 6.29. The summed E-state index contributed by atoms with van der Waals surface area (Å²) in [6.07, 6.45) is 5.51. The standard InChI is InChI=1S/C36H47N9O2S/c1-8-12-19-39-35-44(23-24-16-14-13-15-17-24)27-22-28(47-25(9-2)10-3)26(21-29(27)48-35)41-42-31-32(36(5,6)7)43-45(33(31)37)30-18-20-38-34(40-30)46-11-4/h13-18,20-22,25H,8-12,19,23,37H2,1-7H3. The highest BCUT2D eigenvalue weighted by atomic mass is 32.1. The molecule has 2 N–H and O–H groups in total. The molecule has 0 spiro atoms. The van der Waals surface area contributed by atoms with Gasteiger partial charge in [-0.1, -0.05) is 89.6 Å². The summed E-state index contributed by atoms with van der Waals surface area (Å²) < 4.78 is 17.0. The number of azo groups is 1. The average Bonchev–Trinajstić information content (AvgIpc) is 3.59. The van der Waals surface area contributed by atoms with Gasteiger partial charge in [0.25, 0.3) is 0 Å². The molecule has 0 aliphatic heterocycles. The molecular formula is C36H47N9O2S. The molecule has 3 aromatic heterocycles. The first-order valence-corrected chi connectivity index (χ1v) is 17.6. The Hall–Kier alpha value is -4.58. The Kier molecular flexibility index (Phi) is 11.3. The van der Waals surface area contributed by atoms with Crippen molar-refractivity contribution in [2.45, 2.75) is 92.2 Å². The van der Waals surface area contributed by atoms with Crippen LogP contribution < -0.4 is 20.0 Å². The van der Waals surface area contributed by atoms with Gasteiger partial charge in [-0.3, -0.25) is 4.99 Å². The summed E-state index contributed by atoms with van der Waals surface area (Å²) in [5.74, 6) is 1.47. The van der Waals surface area contributed by atoms with Gasteiger partial charge < -0.3 is 19.8 Å². The fraction of sp³-hybridized carbons (Fsp3) is 0.444. The molecule has 0 saturated carbocycles. The SMILES string of the molecule is CCCCN=c1sc2cc(N=Nc3c(C(C)(C)C)nn(-c4ccnc(OCC)n4)c3N)c(OC(CC)CC)cc2n1Cc1ccccc1. The average molecular weight is 670 g/mol. The lowest BCUT2D eigenvalue weighted by molar-refractivity contribution is 0.194. The first-order valence-electron chi connectivity index (χ1n) is 16.8. The van der Waals surface area contributed by atoms with Crippen molar-refractivity contribution in [1.29, 1.82) is 0 Å². The molecule has 0 saturated heterocycles. The van der Waals surface area contributed by atoms with E-state index in [-0.39, 0.29) is 17.5 Å². The van der Waals surface area contributed by atoms with E-state index in [1.165, 1.54) is 5.56 Å². The van der Waals surface area contributed by atoms with Crippen LogP contribution in [0.25, 0.3) is 16.0 Å². The van der Waals surface area contributed by atoms with Crippen LogP contribution in [0, 0.1) is 0 Å². The van der Waals surface area contributed by atoms with Crippen LogP contribution in [0.1, 0.15) is 85.4 Å². The van der Waals surface area contributed by atoms with E-state index in [1.54, 1.807) is 28.3 Å². The van der Waals surface area contributed by atoms with Gasteiger partial charge in [-0.15, -0.1) is 10.2 Å². The van der Waals surface area contributed by atoms with Gasteiger partial charge in [0.05, 0.1) is 35.2 Å². The first-order chi connectivity index (χ1) is 23.2. The highest BCUT2D eigenvalue weighted by molar-refractivity contribution is 7.16. The first kappa shape index (κ1) is 34.7. The number of fused-ring (bicyclic) bond motifs is 1. The van der Waals surface area contributed by atoms with Crippen LogP contribution >= 0.6 is 11.3 Å². The van der Waals surface area contributed by atoms with Gasteiger partial charge in [0.2, 0.25) is 0 Å². The number of hydrogen-bond acceptors (Lipinski definition) is 10. The van der Waals surface area contributed by atoms with Crippen molar-refractivity contribution in [1.82, 2.24) is 24.3 Å². The molecule has 0 unspecified atom stereocenters. The molecule has 0 aliphatic carbocycles. The second-order valence-corrected chi connectivity index (χ2v) is 13.6. The van der Waals surface area contributed by atoms with Crippen LogP contribution in [0.4, 0.5) is 17.2 Å². The number of nitrogen functional groups attached to an aromatic ring is 1. The molecule has 254 valence electrons. The fourth-order valence-electron chi connectivity index (χ4n) is 5.22. The Bertz CT molecular complexity index is 1920. The second kappa shape index (κ2) is 15.5. The molecule has 48 heavy (non-hydrogen) atoms. The molecule has 0 aliphatic rings. The summed E-state index contributed by atoms with van der Waals surface area (Å²) in [7, 11) is 0. The van der Waals surface area contributed by atoms with Crippen LogP contribution in [0.2, 0.25) is 0 Å². The molecule has 2 aromatic carbocycles. The van der Waals surface area contributed by atoms with E-state index in [0.29, 0.717) is 47.6 Å². The van der Waals surface area contributed by atoms with Gasteiger partial charge in [0.1, 0.15) is 11.4 Å². The van der Waals surface area contributed by atoms with E-state index in [1.807, 2.05) is 13.0 Å². The van der Waals surface area contributed by atoms with Gasteiger partial charge >= 0.3 is 6.01 Å². The van der Waals surface area contributed by atoms with Crippen molar-refractivity contribution in [3.05, 3.63) is 70.8 Å². The van der Waals surface area contributed by atoms with Gasteiger partial charge in [-0.25, -0.2) is 4.98 Å². The predicted octanol–water partition coefficient (Wildman–Crippen LogP) is 8.69. The Morgan fingerprint density at radius 2 is 1.77 bits per heavy atom. The number of benzene rings is 2. The zero-order valence-electron chi connectivity index (χ0n) is 29.1. The van der Waals surface area contributed by atoms with E-state index in [0.717, 1.165) is 47.2 Å². The number of aromatic nitrogens is 5. The van der Waals surface area contributed by atoms with Crippen LogP contribution in [0.3, 0.4) is 0 Å². The molecular weight excluding hydrogens is 623 g/mol. The van der Waals surface area contributed by atoms with E-state index >= 15 is 0 Å². The maximum Gasteiger partial charge on any atom is 0.318 e. The van der Waals surface area contributed by atoms with Crippen LogP contribution in [-0.2, 0) is 12.0 Å². The molecule has 11 nitrogen and oxygen atoms in total. The Labute approximate surface area is 286 Å². The number of nitrogens with zero attached hydrogens (tertiary/aromatic N) is 8. The van der Waals surface area contributed by atoms with Crippen molar-refractivity contribution in [3.63, 3.8) is 0 Å². The summed E-state index contributed by atoms with van der Waals surface area (Å²) in [6.45, 7) is 16.5. The molecule has 0 fully saturated rings. The molecule has 0 atom stereocenters. The van der Waals surface area contributed by atoms with Crippen LogP contribution in [0.15, 0.2) is 69.9 Å². The molecule has 5 rings (SSSR count). The lowest BCUT2D eigenvalue weighted by Crippen LogP contribution is -2.17. The monoisotopic (exact) mass is 669 g/mol. The van der Waals surface area contributed by atoms with Crippen molar-refractivity contribution in [3.8, 4) is 17.6 Å². The van der Waals surface area contributed by atoms with Gasteiger partial charge in [-0.2, -0.15) is 14.8 Å². The topological polar surface area (TPSA) is 130 Å². The third-order valence-corrected chi connectivity index (χ3v) is 8.96. The second-order valence-electron chi connectivity index (χ2n) is 12.6. The summed E-state index contributed by atoms with van der Waals surface area (Å²) in [6, 6.07) is 16.6. The third kappa shape index (κ3) is 7.92. The van der Waals surface area contributed by atoms with Gasteiger partial charge in [0.15, 0.2) is 22.1 Å². The zero-order chi connectivity index (χ0) is 34.3. The van der Waals surface area contributed by atoms with E-state index in [4.69, 9.17) is 35.5 Å². The van der Waals surface area contributed by atoms with Crippen LogP contribution in [0.5, 0.6) is 11.8 Å². The largest absolute Gasteiger partial charge is 0.488 e. The smallest absolute Gasteiger partial charge is 0.318 e. The van der Waals surface area contributed by atoms with Crippen molar-refractivity contribution in [2.75, 3.05) is 18.9 Å². The maximum atomic E-state index is 6.73. The third-order valence-electron chi connectivity index (χ3n) is 7.88. The Morgan fingerprint density at radius 1 is 1.00 bits per heavy atom. The van der Waals surface area contributed by atoms with Crippen LogP contribution in [-0.4, -0.2) is 43.6 Å². The highest BCUT2D eigenvalue weighted by Crippen LogP contribution is 2.40. The van der Waals surface area contributed by atoms with Gasteiger partial charge in [-0.05, 0) is 37.8 Å². The van der Waals surface area contributed by atoms with Crippen molar-refractivity contribution >= 4 is 38.7 Å². The Morgan fingerprint density at radius 3 is 2.46 bits per heavy atom. The van der Waals surface area contributed by atoms with E-state index < -0.39 is 0 Å². The molecule has 0 bridgehead atoms. The normalized spacial score (nSPS) is 12.5. The maximum absolute atomic E-state index is 6.73. The number of thiazole rings is 1. The van der Waals surface area contributed by atoms with E-state index in [2.05, 4.69) is 92.5 Å². The summed E-state index contributed by atoms with van der Waals surface area (Å²) in [5, 5.41) is 14.4. The number of unbranched alkanes of at least 4 members (excludes halogenated alkanes) is 1. The summed E-state index contributed by atoms with van der Waals surface area (Å²) >= 11 is 1.66. The summed E-state index contributed by atoms with van der Waals surface area (Å²) in [4.78, 5) is 14.7. The number of anilines is 1. The molecule has 0 amide bonds. The zero-order valence-corrected chi connectivity index (χ0v) is 29.9. The number of hydrogen-bond donors (Lipinski definition) is 1. The highest BCUT2D eigenvalue weighted by Gasteiger charge is 2.27. The minimum atomic E-state index is -0.381. The van der Waals surface area contributed by atoms with Crippen molar-refractivity contribution < 1.29 is 9.47 Å². The molecule has 12 heteroatoms. The van der Waals surface area contributed by atoms with Gasteiger partial charge in [0, 0.05) is 30.3 Å². The lowest BCUT2D eigenvalue weighted by Gasteiger charge is -2.17. The molecule has 3 heterocycles. The predicted molar refractivity (Wildman–Crippen MR) is 193 cm³/mol. The van der Waals surface area contributed by atoms with E-state index in [9.17, 15) is 0 Å². The number of rotatable bonds is 14. The van der Waals surface area contributed by atoms with Crippen molar-refractivity contribution in [2.24, 2.45) is 15.2 Å². The minimum absolute atomic E-state index is 0.0292. The number of nitrogens with two attached hydrogens (primary N) is 1. The molecule has 5 aromatic rings. The number of ether oxygens (including phenoxy) is 2. The Balaban J connectivity index is 1.66. The summed E-state index contributed by atoms with van der Waals surface area (Å²) in [5.41, 5.74) is 10.4. The molecule has 0 radical (unpaired) electrons. The minimum Gasteiger partial charge on any atom is -0.488 e.